The van der Waals surface area contributed by atoms with Crippen LogP contribution >= 0.6 is 15.9 Å². The van der Waals surface area contributed by atoms with Crippen molar-refractivity contribution < 1.29 is 4.39 Å². The van der Waals surface area contributed by atoms with E-state index in [1.807, 2.05) is 19.1 Å². The maximum absolute atomic E-state index is 14.0. The molecule has 2 aromatic rings. The first-order chi connectivity index (χ1) is 8.72. The van der Waals surface area contributed by atoms with Crippen LogP contribution in [0.15, 0.2) is 41.1 Å². The Bertz CT molecular complexity index is 543. The van der Waals surface area contributed by atoms with Gasteiger partial charge >= 0.3 is 0 Å². The highest BCUT2D eigenvalue weighted by Crippen LogP contribution is 2.27. The highest BCUT2D eigenvalue weighted by Gasteiger charge is 2.08. The second kappa shape index (κ2) is 6.07. The van der Waals surface area contributed by atoms with Gasteiger partial charge < -0.3 is 5.32 Å². The van der Waals surface area contributed by atoms with Crippen molar-refractivity contribution in [2.45, 2.75) is 13.5 Å². The maximum Gasteiger partial charge on any atom is 0.145 e. The fourth-order valence-corrected chi connectivity index (χ4v) is 2.09. The largest absolute Gasteiger partial charge is 0.313 e. The Balaban J connectivity index is 2.35. The van der Waals surface area contributed by atoms with Crippen LogP contribution < -0.4 is 5.32 Å². The molecule has 2 nitrogen and oxygen atoms in total. The van der Waals surface area contributed by atoms with Gasteiger partial charge in [0.25, 0.3) is 0 Å². The monoisotopic (exact) mass is 308 g/mol. The molecule has 1 aromatic heterocycles. The molecule has 1 aromatic carbocycles. The standard InChI is InChI=1S/C14H14BrFN2/c1-2-17-7-10-6-11(9-18-8-10)12-4-3-5-13(15)14(12)16/h3-6,8-9,17H,2,7H2,1H3. The van der Waals surface area contributed by atoms with E-state index in [1.54, 1.807) is 24.5 Å². The first-order valence-corrected chi connectivity index (χ1v) is 6.60. The van der Waals surface area contributed by atoms with Crippen molar-refractivity contribution in [3.05, 3.63) is 52.5 Å². The summed E-state index contributed by atoms with van der Waals surface area (Å²) in [5.41, 5.74) is 2.41. The number of halogens is 2. The maximum atomic E-state index is 14.0. The van der Waals surface area contributed by atoms with Crippen LogP contribution in [0.3, 0.4) is 0 Å². The lowest BCUT2D eigenvalue weighted by atomic mass is 10.1. The first-order valence-electron chi connectivity index (χ1n) is 5.81. The van der Waals surface area contributed by atoms with Gasteiger partial charge in [0.2, 0.25) is 0 Å². The van der Waals surface area contributed by atoms with Crippen LogP contribution in [0.25, 0.3) is 11.1 Å². The molecule has 94 valence electrons. The molecule has 2 rings (SSSR count). The van der Waals surface area contributed by atoms with Gasteiger partial charge in [-0.05, 0) is 40.2 Å². The summed E-state index contributed by atoms with van der Waals surface area (Å²) < 4.78 is 14.5. The van der Waals surface area contributed by atoms with E-state index >= 15 is 0 Å². The van der Waals surface area contributed by atoms with Crippen molar-refractivity contribution in [3.8, 4) is 11.1 Å². The molecule has 4 heteroatoms. The molecule has 0 amide bonds. The average Bonchev–Trinajstić information content (AvgIpc) is 2.40. The van der Waals surface area contributed by atoms with Gasteiger partial charge in [-0.2, -0.15) is 0 Å². The van der Waals surface area contributed by atoms with Crippen LogP contribution in [-0.4, -0.2) is 11.5 Å². The van der Waals surface area contributed by atoms with Crippen molar-refractivity contribution in [1.82, 2.24) is 10.3 Å². The Morgan fingerprint density at radius 1 is 1.33 bits per heavy atom. The smallest absolute Gasteiger partial charge is 0.145 e. The highest BCUT2D eigenvalue weighted by molar-refractivity contribution is 9.10. The highest BCUT2D eigenvalue weighted by atomic mass is 79.9. The number of nitrogens with zero attached hydrogens (tertiary/aromatic N) is 1. The molecule has 18 heavy (non-hydrogen) atoms. The molecule has 0 radical (unpaired) electrons. The molecule has 0 aliphatic carbocycles. The number of rotatable bonds is 4. The van der Waals surface area contributed by atoms with Crippen molar-refractivity contribution in [2.24, 2.45) is 0 Å². The molecule has 0 atom stereocenters. The Hall–Kier alpha value is -1.26. The van der Waals surface area contributed by atoms with Gasteiger partial charge in [0, 0.05) is 30.1 Å². The summed E-state index contributed by atoms with van der Waals surface area (Å²) in [5.74, 6) is -0.250. The third-order valence-electron chi connectivity index (χ3n) is 2.64. The van der Waals surface area contributed by atoms with Crippen LogP contribution in [0.5, 0.6) is 0 Å². The number of pyridine rings is 1. The SMILES string of the molecule is CCNCc1cncc(-c2cccc(Br)c2F)c1. The topological polar surface area (TPSA) is 24.9 Å². The predicted molar refractivity (Wildman–Crippen MR) is 74.7 cm³/mol. The second-order valence-corrected chi connectivity index (χ2v) is 4.82. The van der Waals surface area contributed by atoms with E-state index in [9.17, 15) is 4.39 Å². The van der Waals surface area contributed by atoms with E-state index in [4.69, 9.17) is 0 Å². The Kier molecular flexibility index (Phi) is 4.44. The normalized spacial score (nSPS) is 10.6. The number of nitrogens with one attached hydrogen (secondary N) is 1. The lowest BCUT2D eigenvalue weighted by Gasteiger charge is -2.07. The molecule has 1 heterocycles. The number of benzene rings is 1. The lowest BCUT2D eigenvalue weighted by Crippen LogP contribution is -2.11. The number of aromatic nitrogens is 1. The molecule has 0 unspecified atom stereocenters. The number of hydrogen-bond donors (Lipinski definition) is 1. The predicted octanol–water partition coefficient (Wildman–Crippen LogP) is 3.76. The molecule has 1 N–H and O–H groups in total. The van der Waals surface area contributed by atoms with Gasteiger partial charge in [-0.25, -0.2) is 4.39 Å². The van der Waals surface area contributed by atoms with Crippen LogP contribution in [0.2, 0.25) is 0 Å². The summed E-state index contributed by atoms with van der Waals surface area (Å²) in [6, 6.07) is 7.23. The Morgan fingerprint density at radius 2 is 2.17 bits per heavy atom. The average molecular weight is 309 g/mol. The minimum Gasteiger partial charge on any atom is -0.313 e. The molecule has 0 saturated heterocycles. The van der Waals surface area contributed by atoms with Gasteiger partial charge in [-0.1, -0.05) is 19.1 Å². The van der Waals surface area contributed by atoms with Crippen LogP contribution in [0, 0.1) is 5.82 Å². The third-order valence-corrected chi connectivity index (χ3v) is 3.25. The van der Waals surface area contributed by atoms with E-state index < -0.39 is 0 Å². The van der Waals surface area contributed by atoms with Gasteiger partial charge in [0.1, 0.15) is 5.82 Å². The molecule has 0 aliphatic heterocycles. The summed E-state index contributed by atoms with van der Waals surface area (Å²) >= 11 is 3.20. The second-order valence-electron chi connectivity index (χ2n) is 3.96. The van der Waals surface area contributed by atoms with Gasteiger partial charge in [-0.15, -0.1) is 0 Å². The quantitative estimate of drug-likeness (QED) is 0.930. The lowest BCUT2D eigenvalue weighted by molar-refractivity contribution is 0.624. The zero-order valence-corrected chi connectivity index (χ0v) is 11.7. The van der Waals surface area contributed by atoms with E-state index in [0.717, 1.165) is 24.2 Å². The van der Waals surface area contributed by atoms with Gasteiger partial charge in [-0.3, -0.25) is 4.98 Å². The van der Waals surface area contributed by atoms with E-state index in [1.165, 1.54) is 0 Å². The van der Waals surface area contributed by atoms with Crippen molar-refractivity contribution in [1.29, 1.82) is 0 Å². The fourth-order valence-electron chi connectivity index (χ4n) is 1.73. The molecule has 0 aliphatic rings. The van der Waals surface area contributed by atoms with Crippen molar-refractivity contribution in [2.75, 3.05) is 6.54 Å². The summed E-state index contributed by atoms with van der Waals surface area (Å²) in [4.78, 5) is 4.16. The molecular weight excluding hydrogens is 295 g/mol. The zero-order chi connectivity index (χ0) is 13.0. The van der Waals surface area contributed by atoms with Gasteiger partial charge in [0.05, 0.1) is 4.47 Å². The molecular formula is C14H14BrFN2. The van der Waals surface area contributed by atoms with Crippen LogP contribution in [-0.2, 0) is 6.54 Å². The van der Waals surface area contributed by atoms with Gasteiger partial charge in [0.15, 0.2) is 0 Å². The third kappa shape index (κ3) is 2.94. The molecule has 0 bridgehead atoms. The zero-order valence-electron chi connectivity index (χ0n) is 10.1. The summed E-state index contributed by atoms with van der Waals surface area (Å²) in [5, 5.41) is 3.23. The molecule has 0 spiro atoms. The Labute approximate surface area is 114 Å². The summed E-state index contributed by atoms with van der Waals surface area (Å²) in [6.45, 7) is 3.69. The van der Waals surface area contributed by atoms with Crippen LogP contribution in [0.1, 0.15) is 12.5 Å². The summed E-state index contributed by atoms with van der Waals surface area (Å²) in [7, 11) is 0. The fraction of sp³-hybridized carbons (Fsp3) is 0.214. The summed E-state index contributed by atoms with van der Waals surface area (Å²) in [6.07, 6.45) is 3.47. The van der Waals surface area contributed by atoms with E-state index in [2.05, 4.69) is 26.2 Å². The minimum atomic E-state index is -0.250. The molecule has 0 saturated carbocycles. The van der Waals surface area contributed by atoms with E-state index in [0.29, 0.717) is 10.0 Å². The Morgan fingerprint density at radius 3 is 2.94 bits per heavy atom. The van der Waals surface area contributed by atoms with E-state index in [-0.39, 0.29) is 5.82 Å². The first kappa shape index (κ1) is 13.2. The number of hydrogen-bond acceptors (Lipinski definition) is 2. The van der Waals surface area contributed by atoms with Crippen LogP contribution in [0.4, 0.5) is 4.39 Å². The van der Waals surface area contributed by atoms with Crippen molar-refractivity contribution >= 4 is 15.9 Å². The minimum absolute atomic E-state index is 0.250. The van der Waals surface area contributed by atoms with Crippen molar-refractivity contribution in [3.63, 3.8) is 0 Å². The molecule has 0 fully saturated rings.